The maximum absolute atomic E-state index is 10.7. The zero-order valence-electron chi connectivity index (χ0n) is 12.1. The van der Waals surface area contributed by atoms with Crippen molar-refractivity contribution in [3.8, 4) is 16.9 Å². The third kappa shape index (κ3) is 3.41. The molecule has 0 spiro atoms. The molecule has 0 saturated carbocycles. The van der Waals surface area contributed by atoms with Gasteiger partial charge >= 0.3 is 0 Å². The van der Waals surface area contributed by atoms with Gasteiger partial charge in [0.05, 0.1) is 0 Å². The molecule has 3 aromatic carbocycles. The number of benzene rings is 3. The molecule has 3 aromatic rings. The van der Waals surface area contributed by atoms with Gasteiger partial charge in [-0.1, -0.05) is 66.7 Å². The second-order valence-electron chi connectivity index (χ2n) is 5.04. The number of rotatable bonds is 5. The highest BCUT2D eigenvalue weighted by Gasteiger charge is 2.00. The Bertz CT molecular complexity index is 746. The number of hydrogen-bond acceptors (Lipinski definition) is 2. The van der Waals surface area contributed by atoms with Gasteiger partial charge in [0.2, 0.25) is 0 Å². The molecule has 2 heteroatoms. The highest BCUT2D eigenvalue weighted by Crippen LogP contribution is 2.20. The molecule has 0 heterocycles. The van der Waals surface area contributed by atoms with Crippen molar-refractivity contribution in [3.63, 3.8) is 0 Å². The van der Waals surface area contributed by atoms with E-state index in [0.717, 1.165) is 11.8 Å². The van der Waals surface area contributed by atoms with E-state index in [9.17, 15) is 4.79 Å². The average Bonchev–Trinajstić information content (AvgIpc) is 2.61. The predicted molar refractivity (Wildman–Crippen MR) is 88.0 cm³/mol. The topological polar surface area (TPSA) is 26.3 Å². The molecule has 0 amide bonds. The van der Waals surface area contributed by atoms with E-state index in [4.69, 9.17) is 4.74 Å². The van der Waals surface area contributed by atoms with E-state index in [1.54, 1.807) is 12.1 Å². The fraction of sp³-hybridized carbons (Fsp3) is 0.0500. The molecule has 0 saturated heterocycles. The molecule has 0 radical (unpaired) electrons. The number of carbonyl (C=O) groups is 1. The normalized spacial score (nSPS) is 10.2. The molecule has 0 aliphatic carbocycles. The summed E-state index contributed by atoms with van der Waals surface area (Å²) in [6.07, 6.45) is 0.821. The molecule has 0 aromatic heterocycles. The van der Waals surface area contributed by atoms with E-state index < -0.39 is 0 Å². The first kappa shape index (κ1) is 14.1. The largest absolute Gasteiger partial charge is 0.489 e. The van der Waals surface area contributed by atoms with Gasteiger partial charge < -0.3 is 4.74 Å². The Morgan fingerprint density at radius 3 is 2.23 bits per heavy atom. The van der Waals surface area contributed by atoms with Gasteiger partial charge in [-0.2, -0.15) is 0 Å². The molecule has 0 aliphatic rings. The Labute approximate surface area is 130 Å². The minimum atomic E-state index is 0.484. The summed E-state index contributed by atoms with van der Waals surface area (Å²) >= 11 is 0. The fourth-order valence-corrected chi connectivity index (χ4v) is 2.27. The van der Waals surface area contributed by atoms with Crippen LogP contribution in [0, 0.1) is 0 Å². The molecule has 0 bridgehead atoms. The summed E-state index contributed by atoms with van der Waals surface area (Å²) in [4.78, 5) is 10.7. The first-order chi connectivity index (χ1) is 10.8. The van der Waals surface area contributed by atoms with Gasteiger partial charge in [-0.25, -0.2) is 0 Å². The van der Waals surface area contributed by atoms with Crippen LogP contribution >= 0.6 is 0 Å². The van der Waals surface area contributed by atoms with Crippen molar-refractivity contribution in [3.05, 3.63) is 90.0 Å². The molecule has 22 heavy (non-hydrogen) atoms. The Balaban J connectivity index is 1.67. The van der Waals surface area contributed by atoms with E-state index in [2.05, 4.69) is 36.4 Å². The number of carbonyl (C=O) groups excluding carboxylic acids is 1. The second kappa shape index (κ2) is 6.72. The van der Waals surface area contributed by atoms with Crippen molar-refractivity contribution in [2.75, 3.05) is 0 Å². The third-order valence-corrected chi connectivity index (χ3v) is 3.46. The van der Waals surface area contributed by atoms with Crippen LogP contribution in [0.15, 0.2) is 78.9 Å². The van der Waals surface area contributed by atoms with E-state index in [0.29, 0.717) is 17.9 Å². The molecule has 0 fully saturated rings. The maximum Gasteiger partial charge on any atom is 0.150 e. The summed E-state index contributed by atoms with van der Waals surface area (Å²) in [6.45, 7) is 0.484. The summed E-state index contributed by atoms with van der Waals surface area (Å²) in [5.74, 6) is 0.705. The van der Waals surface area contributed by atoms with Crippen molar-refractivity contribution >= 4 is 6.29 Å². The predicted octanol–water partition coefficient (Wildman–Crippen LogP) is 4.75. The van der Waals surface area contributed by atoms with Crippen LogP contribution in [0.25, 0.3) is 11.1 Å². The SMILES string of the molecule is O=Cc1cccc(OCc2ccc(-c3ccccc3)cc2)c1. The number of aldehydes is 1. The van der Waals surface area contributed by atoms with Gasteiger partial charge in [-0.15, -0.1) is 0 Å². The lowest BCUT2D eigenvalue weighted by molar-refractivity contribution is 0.112. The Morgan fingerprint density at radius 1 is 0.773 bits per heavy atom. The molecule has 0 aliphatic heterocycles. The summed E-state index contributed by atoms with van der Waals surface area (Å²) < 4.78 is 5.72. The third-order valence-electron chi connectivity index (χ3n) is 3.46. The second-order valence-corrected chi connectivity index (χ2v) is 5.04. The van der Waals surface area contributed by atoms with Crippen LogP contribution in [0.4, 0.5) is 0 Å². The van der Waals surface area contributed by atoms with E-state index in [1.165, 1.54) is 11.1 Å². The quantitative estimate of drug-likeness (QED) is 0.634. The molecular weight excluding hydrogens is 272 g/mol. The molecule has 3 rings (SSSR count). The van der Waals surface area contributed by atoms with Crippen molar-refractivity contribution in [1.82, 2.24) is 0 Å². The zero-order valence-corrected chi connectivity index (χ0v) is 12.1. The standard InChI is InChI=1S/C20H16O2/c21-14-17-5-4-8-20(13-17)22-15-16-9-11-19(12-10-16)18-6-2-1-3-7-18/h1-14H,15H2. The van der Waals surface area contributed by atoms with Crippen LogP contribution in [0.1, 0.15) is 15.9 Å². The van der Waals surface area contributed by atoms with Crippen LogP contribution in [0.5, 0.6) is 5.75 Å². The molecule has 0 atom stereocenters. The summed E-state index contributed by atoms with van der Waals surface area (Å²) in [7, 11) is 0. The highest BCUT2D eigenvalue weighted by molar-refractivity contribution is 5.75. The monoisotopic (exact) mass is 288 g/mol. The molecule has 0 unspecified atom stereocenters. The van der Waals surface area contributed by atoms with Gasteiger partial charge in [0.25, 0.3) is 0 Å². The number of hydrogen-bond donors (Lipinski definition) is 0. The Morgan fingerprint density at radius 2 is 1.50 bits per heavy atom. The lowest BCUT2D eigenvalue weighted by Gasteiger charge is -2.08. The smallest absolute Gasteiger partial charge is 0.150 e. The minimum Gasteiger partial charge on any atom is -0.489 e. The lowest BCUT2D eigenvalue weighted by Crippen LogP contribution is -1.95. The van der Waals surface area contributed by atoms with E-state index in [-0.39, 0.29) is 0 Å². The van der Waals surface area contributed by atoms with Crippen molar-refractivity contribution in [2.24, 2.45) is 0 Å². The lowest BCUT2D eigenvalue weighted by atomic mass is 10.0. The average molecular weight is 288 g/mol. The number of ether oxygens (including phenoxy) is 1. The van der Waals surface area contributed by atoms with E-state index >= 15 is 0 Å². The fourth-order valence-electron chi connectivity index (χ4n) is 2.27. The van der Waals surface area contributed by atoms with Crippen LogP contribution in [-0.2, 0) is 6.61 Å². The van der Waals surface area contributed by atoms with Gasteiger partial charge in [0.1, 0.15) is 18.6 Å². The van der Waals surface area contributed by atoms with Gasteiger partial charge in [0, 0.05) is 5.56 Å². The first-order valence-corrected chi connectivity index (χ1v) is 7.17. The summed E-state index contributed by atoms with van der Waals surface area (Å²) in [6, 6.07) is 25.7. The summed E-state index contributed by atoms with van der Waals surface area (Å²) in [5.41, 5.74) is 4.11. The maximum atomic E-state index is 10.7. The van der Waals surface area contributed by atoms with Crippen LogP contribution in [0.3, 0.4) is 0 Å². The Hall–Kier alpha value is -2.87. The minimum absolute atomic E-state index is 0.484. The summed E-state index contributed by atoms with van der Waals surface area (Å²) in [5, 5.41) is 0. The molecule has 0 N–H and O–H groups in total. The molecule has 2 nitrogen and oxygen atoms in total. The van der Waals surface area contributed by atoms with Gasteiger partial charge in [-0.05, 0) is 28.8 Å². The van der Waals surface area contributed by atoms with Gasteiger partial charge in [-0.3, -0.25) is 4.79 Å². The van der Waals surface area contributed by atoms with E-state index in [1.807, 2.05) is 30.3 Å². The Kier molecular flexibility index (Phi) is 4.30. The zero-order chi connectivity index (χ0) is 15.2. The van der Waals surface area contributed by atoms with Crippen LogP contribution in [0.2, 0.25) is 0 Å². The van der Waals surface area contributed by atoms with Crippen LogP contribution in [-0.4, -0.2) is 6.29 Å². The van der Waals surface area contributed by atoms with Crippen molar-refractivity contribution < 1.29 is 9.53 Å². The highest BCUT2D eigenvalue weighted by atomic mass is 16.5. The van der Waals surface area contributed by atoms with Crippen LogP contribution < -0.4 is 4.74 Å². The molecule has 108 valence electrons. The van der Waals surface area contributed by atoms with Crippen molar-refractivity contribution in [1.29, 1.82) is 0 Å². The van der Waals surface area contributed by atoms with Gasteiger partial charge in [0.15, 0.2) is 0 Å². The van der Waals surface area contributed by atoms with Crippen molar-refractivity contribution in [2.45, 2.75) is 6.61 Å². The first-order valence-electron chi connectivity index (χ1n) is 7.17. The molecular formula is C20H16O2.